The Kier molecular flexibility index (Phi) is 6.19. The second kappa shape index (κ2) is 8.98. The standard InChI is InChI=1S/C28H29NO6/c1-27(2,3)35-26(31)29-22-10-8-7-9-21(22)28(25(29)30,18-11-14-20(32-4)15-12-18)19-13-16-23(33-5)24(17-19)34-6/h7-17H,1-6H3. The van der Waals surface area contributed by atoms with Gasteiger partial charge < -0.3 is 18.9 Å². The number of ether oxygens (including phenoxy) is 4. The number of methoxy groups -OCH3 is 3. The first-order valence-corrected chi connectivity index (χ1v) is 11.2. The lowest BCUT2D eigenvalue weighted by Crippen LogP contribution is -2.46. The van der Waals surface area contributed by atoms with Gasteiger partial charge in [0.1, 0.15) is 16.8 Å². The highest BCUT2D eigenvalue weighted by Crippen LogP contribution is 2.52. The number of hydrogen-bond donors (Lipinski definition) is 0. The van der Waals surface area contributed by atoms with Crippen molar-refractivity contribution in [3.63, 3.8) is 0 Å². The minimum atomic E-state index is -1.33. The molecule has 1 atom stereocenters. The predicted octanol–water partition coefficient (Wildman–Crippen LogP) is 5.33. The number of para-hydroxylation sites is 1. The molecule has 2 amide bonds. The molecule has 182 valence electrons. The molecule has 1 aliphatic heterocycles. The summed E-state index contributed by atoms with van der Waals surface area (Å²) in [5, 5.41) is 0. The molecule has 0 spiro atoms. The largest absolute Gasteiger partial charge is 0.497 e. The molecular weight excluding hydrogens is 446 g/mol. The van der Waals surface area contributed by atoms with Gasteiger partial charge >= 0.3 is 6.09 Å². The average molecular weight is 476 g/mol. The van der Waals surface area contributed by atoms with E-state index in [1.54, 1.807) is 78.5 Å². The predicted molar refractivity (Wildman–Crippen MR) is 133 cm³/mol. The molecular formula is C28H29NO6. The Morgan fingerprint density at radius 3 is 2.03 bits per heavy atom. The lowest BCUT2D eigenvalue weighted by Gasteiger charge is -2.31. The zero-order chi connectivity index (χ0) is 25.4. The minimum Gasteiger partial charge on any atom is -0.497 e. The third kappa shape index (κ3) is 3.97. The Morgan fingerprint density at radius 1 is 0.800 bits per heavy atom. The van der Waals surface area contributed by atoms with E-state index in [1.165, 1.54) is 0 Å². The van der Waals surface area contributed by atoms with E-state index in [4.69, 9.17) is 18.9 Å². The van der Waals surface area contributed by atoms with Crippen molar-refractivity contribution in [2.45, 2.75) is 31.8 Å². The van der Waals surface area contributed by atoms with Gasteiger partial charge in [-0.2, -0.15) is 0 Å². The number of carbonyl (C=O) groups excluding carboxylic acids is 2. The van der Waals surface area contributed by atoms with E-state index >= 15 is 0 Å². The SMILES string of the molecule is COc1ccc(C2(c3ccc(OC)c(OC)c3)C(=O)N(C(=O)OC(C)(C)C)c3ccccc32)cc1. The molecule has 0 aliphatic carbocycles. The smallest absolute Gasteiger partial charge is 0.421 e. The van der Waals surface area contributed by atoms with E-state index in [9.17, 15) is 9.59 Å². The second-order valence-corrected chi connectivity index (χ2v) is 9.19. The first kappa shape index (κ1) is 24.1. The molecule has 1 aliphatic rings. The van der Waals surface area contributed by atoms with Crippen LogP contribution in [-0.4, -0.2) is 38.9 Å². The molecule has 35 heavy (non-hydrogen) atoms. The fraction of sp³-hybridized carbons (Fsp3) is 0.286. The maximum absolute atomic E-state index is 14.4. The van der Waals surface area contributed by atoms with Crippen LogP contribution in [0.25, 0.3) is 0 Å². The average Bonchev–Trinajstić information content (AvgIpc) is 3.11. The fourth-order valence-corrected chi connectivity index (χ4v) is 4.50. The molecule has 0 saturated carbocycles. The second-order valence-electron chi connectivity index (χ2n) is 9.19. The lowest BCUT2D eigenvalue weighted by molar-refractivity contribution is -0.120. The molecule has 3 aromatic rings. The van der Waals surface area contributed by atoms with Crippen LogP contribution in [0.1, 0.15) is 37.5 Å². The van der Waals surface area contributed by atoms with E-state index in [0.29, 0.717) is 39.6 Å². The Bertz CT molecular complexity index is 1260. The molecule has 0 bridgehead atoms. The Labute approximate surface area is 205 Å². The van der Waals surface area contributed by atoms with Crippen molar-refractivity contribution in [3.8, 4) is 17.2 Å². The summed E-state index contributed by atoms with van der Waals surface area (Å²) in [6.07, 6.45) is -0.731. The van der Waals surface area contributed by atoms with Gasteiger partial charge in [0.2, 0.25) is 0 Å². The Morgan fingerprint density at radius 2 is 1.43 bits per heavy atom. The molecule has 0 aromatic heterocycles. The number of fused-ring (bicyclic) bond motifs is 1. The number of benzene rings is 3. The van der Waals surface area contributed by atoms with Gasteiger partial charge in [0.15, 0.2) is 11.5 Å². The third-order valence-electron chi connectivity index (χ3n) is 5.99. The van der Waals surface area contributed by atoms with Gasteiger partial charge in [0.05, 0.1) is 27.0 Å². The summed E-state index contributed by atoms with van der Waals surface area (Å²) in [5.74, 6) is 1.21. The maximum atomic E-state index is 14.4. The highest BCUT2D eigenvalue weighted by atomic mass is 16.6. The van der Waals surface area contributed by atoms with E-state index in [1.807, 2.05) is 30.3 Å². The number of nitrogens with zero attached hydrogens (tertiary/aromatic N) is 1. The zero-order valence-electron chi connectivity index (χ0n) is 20.7. The van der Waals surface area contributed by atoms with Crippen molar-refractivity contribution in [2.24, 2.45) is 0 Å². The minimum absolute atomic E-state index is 0.440. The highest BCUT2D eigenvalue weighted by Gasteiger charge is 2.56. The zero-order valence-corrected chi connectivity index (χ0v) is 20.7. The maximum Gasteiger partial charge on any atom is 0.421 e. The number of carbonyl (C=O) groups is 2. The van der Waals surface area contributed by atoms with Gasteiger partial charge in [0, 0.05) is 5.56 Å². The molecule has 3 aromatic carbocycles. The van der Waals surface area contributed by atoms with Crippen molar-refractivity contribution in [1.82, 2.24) is 0 Å². The lowest BCUT2D eigenvalue weighted by atomic mass is 9.70. The van der Waals surface area contributed by atoms with Crippen molar-refractivity contribution < 1.29 is 28.5 Å². The summed E-state index contributed by atoms with van der Waals surface area (Å²) in [5.41, 5.74) is 0.323. The van der Waals surface area contributed by atoms with Crippen molar-refractivity contribution in [2.75, 3.05) is 26.2 Å². The Hall–Kier alpha value is -4.00. The van der Waals surface area contributed by atoms with Crippen LogP contribution in [0, 0.1) is 0 Å². The molecule has 0 N–H and O–H groups in total. The van der Waals surface area contributed by atoms with Gasteiger partial charge in [-0.1, -0.05) is 36.4 Å². The molecule has 7 heteroatoms. The highest BCUT2D eigenvalue weighted by molar-refractivity contribution is 6.24. The van der Waals surface area contributed by atoms with Crippen LogP contribution in [0.4, 0.5) is 10.5 Å². The normalized spacial score (nSPS) is 17.1. The molecule has 4 rings (SSSR count). The van der Waals surface area contributed by atoms with Gasteiger partial charge in [-0.25, -0.2) is 9.69 Å². The van der Waals surface area contributed by atoms with E-state index in [-0.39, 0.29) is 0 Å². The summed E-state index contributed by atoms with van der Waals surface area (Å²) in [6, 6.07) is 19.9. The van der Waals surface area contributed by atoms with Gasteiger partial charge in [0.25, 0.3) is 5.91 Å². The van der Waals surface area contributed by atoms with Crippen LogP contribution in [0.2, 0.25) is 0 Å². The summed E-state index contributed by atoms with van der Waals surface area (Å²) in [4.78, 5) is 28.9. The van der Waals surface area contributed by atoms with Crippen molar-refractivity contribution >= 4 is 17.7 Å². The molecule has 0 saturated heterocycles. The fourth-order valence-electron chi connectivity index (χ4n) is 4.50. The quantitative estimate of drug-likeness (QED) is 0.497. The summed E-state index contributed by atoms with van der Waals surface area (Å²) < 4.78 is 22.0. The van der Waals surface area contributed by atoms with Crippen LogP contribution in [0.5, 0.6) is 17.2 Å². The summed E-state index contributed by atoms with van der Waals surface area (Å²) in [7, 11) is 4.68. The van der Waals surface area contributed by atoms with E-state index < -0.39 is 23.0 Å². The molecule has 0 fully saturated rings. The van der Waals surface area contributed by atoms with Crippen LogP contribution in [-0.2, 0) is 14.9 Å². The molecule has 1 heterocycles. The van der Waals surface area contributed by atoms with Gasteiger partial charge in [-0.3, -0.25) is 4.79 Å². The third-order valence-corrected chi connectivity index (χ3v) is 5.99. The number of anilines is 1. The number of rotatable bonds is 5. The van der Waals surface area contributed by atoms with Gasteiger partial charge in [-0.15, -0.1) is 0 Å². The van der Waals surface area contributed by atoms with E-state index in [2.05, 4.69) is 0 Å². The Balaban J connectivity index is 2.03. The van der Waals surface area contributed by atoms with Crippen LogP contribution >= 0.6 is 0 Å². The first-order chi connectivity index (χ1) is 16.7. The number of hydrogen-bond acceptors (Lipinski definition) is 6. The van der Waals surface area contributed by atoms with E-state index in [0.717, 1.165) is 4.90 Å². The summed E-state index contributed by atoms with van der Waals surface area (Å²) >= 11 is 0. The number of imide groups is 1. The summed E-state index contributed by atoms with van der Waals surface area (Å²) in [6.45, 7) is 5.30. The molecule has 0 radical (unpaired) electrons. The number of amides is 2. The van der Waals surface area contributed by atoms with Gasteiger partial charge in [-0.05, 0) is 62.2 Å². The monoisotopic (exact) mass is 475 g/mol. The first-order valence-electron chi connectivity index (χ1n) is 11.2. The van der Waals surface area contributed by atoms with Crippen LogP contribution in [0.15, 0.2) is 66.7 Å². The molecule has 7 nitrogen and oxygen atoms in total. The molecule has 1 unspecified atom stereocenters. The van der Waals surface area contributed by atoms with Crippen LogP contribution < -0.4 is 19.1 Å². The van der Waals surface area contributed by atoms with Crippen molar-refractivity contribution in [3.05, 3.63) is 83.4 Å². The van der Waals surface area contributed by atoms with Crippen LogP contribution in [0.3, 0.4) is 0 Å². The van der Waals surface area contributed by atoms with Crippen molar-refractivity contribution in [1.29, 1.82) is 0 Å². The topological polar surface area (TPSA) is 74.3 Å².